The third-order valence-electron chi connectivity index (χ3n) is 5.41. The molecule has 4 rings (SSSR count). The van der Waals surface area contributed by atoms with Crippen molar-refractivity contribution < 1.29 is 14.2 Å². The maximum Gasteiger partial charge on any atom is 0.164 e. The minimum Gasteiger partial charge on any atom is -0.493 e. The predicted molar refractivity (Wildman–Crippen MR) is 115 cm³/mol. The van der Waals surface area contributed by atoms with Crippen LogP contribution in [-0.2, 0) is 12.8 Å². The number of nitrogens with one attached hydrogen (secondary N) is 1. The average Bonchev–Trinajstić information content (AvgIpc) is 2.78. The van der Waals surface area contributed by atoms with E-state index in [1.165, 1.54) is 22.3 Å². The zero-order valence-electron chi connectivity index (χ0n) is 17.0. The molecule has 29 heavy (non-hydrogen) atoms. The largest absolute Gasteiger partial charge is 0.493 e. The van der Waals surface area contributed by atoms with Crippen LogP contribution in [0.25, 0.3) is 0 Å². The summed E-state index contributed by atoms with van der Waals surface area (Å²) in [5, 5.41) is 3.64. The van der Waals surface area contributed by atoms with Crippen LogP contribution in [0.2, 0.25) is 0 Å². The second-order valence-electron chi connectivity index (χ2n) is 7.16. The molecular formula is C25H27NO3. The third-order valence-corrected chi connectivity index (χ3v) is 5.41. The zero-order chi connectivity index (χ0) is 20.1. The van der Waals surface area contributed by atoms with Crippen molar-refractivity contribution in [2.45, 2.75) is 18.9 Å². The zero-order valence-corrected chi connectivity index (χ0v) is 17.0. The van der Waals surface area contributed by atoms with Gasteiger partial charge in [0.1, 0.15) is 5.75 Å². The van der Waals surface area contributed by atoms with Crippen LogP contribution in [0, 0.1) is 0 Å². The first-order chi connectivity index (χ1) is 14.3. The molecule has 3 aromatic carbocycles. The lowest BCUT2D eigenvalue weighted by Crippen LogP contribution is -2.31. The normalized spacial score (nSPS) is 15.4. The van der Waals surface area contributed by atoms with Crippen molar-refractivity contribution in [3.8, 4) is 17.2 Å². The fourth-order valence-corrected chi connectivity index (χ4v) is 4.00. The van der Waals surface area contributed by atoms with Gasteiger partial charge in [-0.3, -0.25) is 0 Å². The van der Waals surface area contributed by atoms with Gasteiger partial charge in [-0.1, -0.05) is 48.5 Å². The molecule has 0 fully saturated rings. The molecule has 4 nitrogen and oxygen atoms in total. The maximum atomic E-state index is 6.04. The lowest BCUT2D eigenvalue weighted by Gasteiger charge is -2.29. The van der Waals surface area contributed by atoms with Crippen LogP contribution < -0.4 is 19.5 Å². The summed E-state index contributed by atoms with van der Waals surface area (Å²) in [6, 6.07) is 23.0. The lowest BCUT2D eigenvalue weighted by molar-refractivity contribution is 0.321. The third kappa shape index (κ3) is 4.22. The molecule has 0 spiro atoms. The molecular weight excluding hydrogens is 362 g/mol. The minimum atomic E-state index is 0.108. The Labute approximate surface area is 172 Å². The van der Waals surface area contributed by atoms with Crippen LogP contribution in [-0.4, -0.2) is 27.4 Å². The molecule has 0 aliphatic carbocycles. The highest BCUT2D eigenvalue weighted by Crippen LogP contribution is 2.40. The summed E-state index contributed by atoms with van der Waals surface area (Å²) in [6.45, 7) is 1.55. The molecule has 4 heteroatoms. The fourth-order valence-electron chi connectivity index (χ4n) is 4.00. The maximum absolute atomic E-state index is 6.04. The van der Waals surface area contributed by atoms with E-state index in [4.69, 9.17) is 14.2 Å². The summed E-state index contributed by atoms with van der Waals surface area (Å²) in [6.07, 6.45) is 1.81. The van der Waals surface area contributed by atoms with Crippen LogP contribution in [0.5, 0.6) is 17.2 Å². The number of hydrogen-bond acceptors (Lipinski definition) is 4. The highest BCUT2D eigenvalue weighted by Gasteiger charge is 2.26. The van der Waals surface area contributed by atoms with Crippen LogP contribution in [0.4, 0.5) is 0 Å². The van der Waals surface area contributed by atoms with Gasteiger partial charge in [-0.25, -0.2) is 0 Å². The second-order valence-corrected chi connectivity index (χ2v) is 7.16. The van der Waals surface area contributed by atoms with Gasteiger partial charge in [0.2, 0.25) is 0 Å². The van der Waals surface area contributed by atoms with Crippen molar-refractivity contribution in [2.24, 2.45) is 0 Å². The SMILES string of the molecule is COc1ccc2c(c1OC)CCNC2c1cccc(OCCc2ccccc2)c1. The Hall–Kier alpha value is -2.98. The molecule has 0 aromatic heterocycles. The van der Waals surface area contributed by atoms with E-state index < -0.39 is 0 Å². The second kappa shape index (κ2) is 9.01. The first-order valence-corrected chi connectivity index (χ1v) is 10.0. The molecule has 1 unspecified atom stereocenters. The van der Waals surface area contributed by atoms with Gasteiger partial charge in [0.15, 0.2) is 11.5 Å². The van der Waals surface area contributed by atoms with E-state index in [2.05, 4.69) is 53.8 Å². The minimum absolute atomic E-state index is 0.108. The molecule has 1 aliphatic heterocycles. The molecule has 0 amide bonds. The Bertz CT molecular complexity index is 956. The number of hydrogen-bond donors (Lipinski definition) is 1. The first kappa shape index (κ1) is 19.3. The number of ether oxygens (including phenoxy) is 3. The summed E-state index contributed by atoms with van der Waals surface area (Å²) in [5.41, 5.74) is 4.92. The molecule has 0 radical (unpaired) electrons. The molecule has 150 valence electrons. The smallest absolute Gasteiger partial charge is 0.164 e. The van der Waals surface area contributed by atoms with E-state index in [0.29, 0.717) is 6.61 Å². The molecule has 3 aromatic rings. The van der Waals surface area contributed by atoms with E-state index in [-0.39, 0.29) is 6.04 Å². The van der Waals surface area contributed by atoms with Gasteiger partial charge in [-0.05, 0) is 41.3 Å². The summed E-state index contributed by atoms with van der Waals surface area (Å²) in [4.78, 5) is 0. The van der Waals surface area contributed by atoms with Gasteiger partial charge in [0, 0.05) is 18.5 Å². The Morgan fingerprint density at radius 2 is 1.79 bits per heavy atom. The summed E-state index contributed by atoms with van der Waals surface area (Å²) >= 11 is 0. The van der Waals surface area contributed by atoms with Gasteiger partial charge >= 0.3 is 0 Å². The van der Waals surface area contributed by atoms with E-state index in [0.717, 1.165) is 36.6 Å². The van der Waals surface area contributed by atoms with Gasteiger partial charge in [-0.15, -0.1) is 0 Å². The summed E-state index contributed by atoms with van der Waals surface area (Å²) < 4.78 is 17.2. The standard InChI is InChI=1S/C25H27NO3/c1-27-23-12-11-21-22(25(23)28-2)13-15-26-24(21)19-9-6-10-20(17-19)29-16-14-18-7-4-3-5-8-18/h3-12,17,24,26H,13-16H2,1-2H3. The Kier molecular flexibility index (Phi) is 6.01. The topological polar surface area (TPSA) is 39.7 Å². The molecule has 0 bridgehead atoms. The Morgan fingerprint density at radius 1 is 0.931 bits per heavy atom. The van der Waals surface area contributed by atoms with Gasteiger partial charge < -0.3 is 19.5 Å². The fraction of sp³-hybridized carbons (Fsp3) is 0.280. The van der Waals surface area contributed by atoms with E-state index >= 15 is 0 Å². The highest BCUT2D eigenvalue weighted by atomic mass is 16.5. The van der Waals surface area contributed by atoms with E-state index in [1.807, 2.05) is 18.2 Å². The number of benzene rings is 3. The van der Waals surface area contributed by atoms with E-state index in [9.17, 15) is 0 Å². The molecule has 1 atom stereocenters. The Morgan fingerprint density at radius 3 is 2.59 bits per heavy atom. The van der Waals surface area contributed by atoms with Crippen molar-refractivity contribution in [3.05, 3.63) is 89.0 Å². The monoisotopic (exact) mass is 389 g/mol. The predicted octanol–water partition coefficient (Wildman–Crippen LogP) is 4.56. The van der Waals surface area contributed by atoms with Gasteiger partial charge in [0.25, 0.3) is 0 Å². The molecule has 0 saturated heterocycles. The number of fused-ring (bicyclic) bond motifs is 1. The Balaban J connectivity index is 1.53. The quantitative estimate of drug-likeness (QED) is 0.643. The summed E-state index contributed by atoms with van der Waals surface area (Å²) in [5.74, 6) is 2.52. The van der Waals surface area contributed by atoms with Crippen molar-refractivity contribution in [2.75, 3.05) is 27.4 Å². The van der Waals surface area contributed by atoms with Crippen molar-refractivity contribution in [3.63, 3.8) is 0 Å². The van der Waals surface area contributed by atoms with Crippen molar-refractivity contribution in [1.82, 2.24) is 5.32 Å². The molecule has 0 saturated carbocycles. The number of rotatable bonds is 7. The van der Waals surface area contributed by atoms with Crippen molar-refractivity contribution >= 4 is 0 Å². The molecule has 1 aliphatic rings. The van der Waals surface area contributed by atoms with Crippen molar-refractivity contribution in [1.29, 1.82) is 0 Å². The summed E-state index contributed by atoms with van der Waals surface area (Å²) in [7, 11) is 3.38. The molecule has 1 N–H and O–H groups in total. The molecule has 1 heterocycles. The highest BCUT2D eigenvalue weighted by molar-refractivity contribution is 5.55. The van der Waals surface area contributed by atoms with Crippen LogP contribution in [0.15, 0.2) is 66.7 Å². The van der Waals surface area contributed by atoms with Gasteiger partial charge in [0.05, 0.1) is 26.9 Å². The first-order valence-electron chi connectivity index (χ1n) is 10.0. The van der Waals surface area contributed by atoms with Crippen LogP contribution in [0.3, 0.4) is 0 Å². The average molecular weight is 389 g/mol. The van der Waals surface area contributed by atoms with Gasteiger partial charge in [-0.2, -0.15) is 0 Å². The van der Waals surface area contributed by atoms with Crippen LogP contribution in [0.1, 0.15) is 28.3 Å². The van der Waals surface area contributed by atoms with Crippen LogP contribution >= 0.6 is 0 Å². The lowest BCUT2D eigenvalue weighted by atomic mass is 9.89. The van der Waals surface area contributed by atoms with E-state index in [1.54, 1.807) is 14.2 Å². The number of methoxy groups -OCH3 is 2.